The van der Waals surface area contributed by atoms with Crippen molar-refractivity contribution in [2.45, 2.75) is 26.7 Å². The van der Waals surface area contributed by atoms with Crippen LogP contribution < -0.4 is 9.47 Å². The van der Waals surface area contributed by atoms with E-state index in [1.165, 1.54) is 0 Å². The summed E-state index contributed by atoms with van der Waals surface area (Å²) in [6.45, 7) is 6.22. The maximum atomic E-state index is 11.7. The predicted octanol–water partition coefficient (Wildman–Crippen LogP) is 5.46. The van der Waals surface area contributed by atoms with Crippen LogP contribution in [0.1, 0.15) is 23.6 Å². The Balaban J connectivity index is 1.73. The van der Waals surface area contributed by atoms with E-state index >= 15 is 0 Å². The Hall–Kier alpha value is -3.53. The third-order valence-electron chi connectivity index (χ3n) is 4.15. The van der Waals surface area contributed by atoms with Crippen LogP contribution in [0.4, 0.5) is 0 Å². The molecule has 0 saturated carbocycles. The van der Waals surface area contributed by atoms with Crippen LogP contribution in [-0.4, -0.2) is 5.97 Å². The lowest BCUT2D eigenvalue weighted by molar-refractivity contribution is -0.140. The molecule has 0 bridgehead atoms. The molecule has 0 heterocycles. The smallest absolute Gasteiger partial charge is 0.333 e. The number of rotatable bonds is 9. The van der Waals surface area contributed by atoms with Crippen LogP contribution in [0.15, 0.2) is 91.0 Å². The molecule has 0 N–H and O–H groups in total. The van der Waals surface area contributed by atoms with Crippen molar-refractivity contribution >= 4 is 5.97 Å². The average molecular weight is 388 g/mol. The quantitative estimate of drug-likeness (QED) is 0.360. The van der Waals surface area contributed by atoms with Gasteiger partial charge in [-0.05, 0) is 35.7 Å². The minimum atomic E-state index is -0.424. The van der Waals surface area contributed by atoms with Gasteiger partial charge in [-0.3, -0.25) is 0 Å². The lowest BCUT2D eigenvalue weighted by Gasteiger charge is -2.13. The molecule has 148 valence electrons. The van der Waals surface area contributed by atoms with Crippen LogP contribution in [0.2, 0.25) is 0 Å². The second-order valence-corrected chi connectivity index (χ2v) is 6.72. The van der Waals surface area contributed by atoms with Gasteiger partial charge in [0.25, 0.3) is 0 Å². The van der Waals surface area contributed by atoms with Gasteiger partial charge in [-0.15, -0.1) is 0 Å². The zero-order chi connectivity index (χ0) is 20.5. The van der Waals surface area contributed by atoms with Gasteiger partial charge in [0.1, 0.15) is 31.3 Å². The maximum Gasteiger partial charge on any atom is 0.333 e. The second kappa shape index (κ2) is 10.1. The molecule has 0 saturated heterocycles. The number of carbonyl (C=O) groups is 1. The van der Waals surface area contributed by atoms with E-state index in [9.17, 15) is 4.79 Å². The zero-order valence-electron chi connectivity index (χ0n) is 16.5. The molecule has 0 fully saturated rings. The lowest BCUT2D eigenvalue weighted by Crippen LogP contribution is -2.05. The van der Waals surface area contributed by atoms with Gasteiger partial charge >= 0.3 is 5.97 Å². The highest BCUT2D eigenvalue weighted by atomic mass is 16.5. The van der Waals surface area contributed by atoms with Gasteiger partial charge in [-0.2, -0.15) is 0 Å². The van der Waals surface area contributed by atoms with Crippen molar-refractivity contribution in [1.29, 1.82) is 0 Å². The Morgan fingerprint density at radius 2 is 1.21 bits per heavy atom. The van der Waals surface area contributed by atoms with E-state index in [-0.39, 0.29) is 6.61 Å². The lowest BCUT2D eigenvalue weighted by atomic mass is 10.2. The van der Waals surface area contributed by atoms with Crippen molar-refractivity contribution in [3.63, 3.8) is 0 Å². The van der Waals surface area contributed by atoms with Crippen LogP contribution in [0, 0.1) is 0 Å². The molecule has 0 aromatic heterocycles. The van der Waals surface area contributed by atoms with Crippen molar-refractivity contribution in [1.82, 2.24) is 0 Å². The number of benzene rings is 3. The third-order valence-corrected chi connectivity index (χ3v) is 4.15. The van der Waals surface area contributed by atoms with E-state index in [0.29, 0.717) is 30.3 Å². The summed E-state index contributed by atoms with van der Waals surface area (Å²) in [7, 11) is 0. The minimum Gasteiger partial charge on any atom is -0.489 e. The third kappa shape index (κ3) is 6.54. The first-order chi connectivity index (χ1) is 14.1. The van der Waals surface area contributed by atoms with E-state index < -0.39 is 5.97 Å². The Morgan fingerprint density at radius 3 is 1.66 bits per heavy atom. The monoisotopic (exact) mass is 388 g/mol. The van der Waals surface area contributed by atoms with E-state index in [2.05, 4.69) is 6.58 Å². The highest BCUT2D eigenvalue weighted by molar-refractivity contribution is 5.86. The average Bonchev–Trinajstić information content (AvgIpc) is 2.76. The summed E-state index contributed by atoms with van der Waals surface area (Å²) in [6, 6.07) is 25.4. The van der Waals surface area contributed by atoms with Crippen LogP contribution in [0.3, 0.4) is 0 Å². The highest BCUT2D eigenvalue weighted by Crippen LogP contribution is 2.25. The van der Waals surface area contributed by atoms with Crippen molar-refractivity contribution in [2.24, 2.45) is 0 Å². The molecule has 0 unspecified atom stereocenters. The van der Waals surface area contributed by atoms with Crippen LogP contribution in [0.5, 0.6) is 11.5 Å². The number of hydrogen-bond donors (Lipinski definition) is 0. The van der Waals surface area contributed by atoms with Crippen molar-refractivity contribution in [3.8, 4) is 11.5 Å². The molecule has 0 spiro atoms. The van der Waals surface area contributed by atoms with Crippen LogP contribution in [0.25, 0.3) is 0 Å². The molecule has 0 aliphatic carbocycles. The predicted molar refractivity (Wildman–Crippen MR) is 113 cm³/mol. The molecule has 4 nitrogen and oxygen atoms in total. The van der Waals surface area contributed by atoms with Crippen molar-refractivity contribution in [3.05, 3.63) is 108 Å². The number of hydrogen-bond acceptors (Lipinski definition) is 4. The molecule has 3 aromatic carbocycles. The van der Waals surface area contributed by atoms with Gasteiger partial charge in [0.2, 0.25) is 0 Å². The molecule has 0 radical (unpaired) electrons. The number of carbonyl (C=O) groups excluding carboxylic acids is 1. The summed E-state index contributed by atoms with van der Waals surface area (Å²) in [4.78, 5) is 11.7. The van der Waals surface area contributed by atoms with E-state index in [0.717, 1.165) is 16.7 Å². The Morgan fingerprint density at radius 1 is 0.724 bits per heavy atom. The first kappa shape index (κ1) is 20.2. The fourth-order valence-electron chi connectivity index (χ4n) is 2.63. The fourth-order valence-corrected chi connectivity index (χ4v) is 2.63. The SMILES string of the molecule is C=C(C)C(=O)OCc1cc(OCc2ccccc2)cc(OCc2ccccc2)c1. The summed E-state index contributed by atoms with van der Waals surface area (Å²) >= 11 is 0. The first-order valence-corrected chi connectivity index (χ1v) is 9.40. The topological polar surface area (TPSA) is 44.8 Å². The molecule has 4 heteroatoms. The molecule has 0 amide bonds. The first-order valence-electron chi connectivity index (χ1n) is 9.40. The van der Waals surface area contributed by atoms with Gasteiger partial charge < -0.3 is 14.2 Å². The summed E-state index contributed by atoms with van der Waals surface area (Å²) in [5.74, 6) is 0.883. The minimum absolute atomic E-state index is 0.121. The normalized spacial score (nSPS) is 10.2. The standard InChI is InChI=1S/C25H24O4/c1-19(2)25(26)29-18-22-13-23(27-16-20-9-5-3-6-10-20)15-24(14-22)28-17-21-11-7-4-8-12-21/h3-15H,1,16-18H2,2H3. The molecule has 29 heavy (non-hydrogen) atoms. The molecule has 0 aliphatic rings. The maximum absolute atomic E-state index is 11.7. The molecule has 3 rings (SSSR count). The molecular weight excluding hydrogens is 364 g/mol. The molecular formula is C25H24O4. The summed E-state index contributed by atoms with van der Waals surface area (Å²) in [6.07, 6.45) is 0. The van der Waals surface area contributed by atoms with Gasteiger partial charge in [0.05, 0.1) is 0 Å². The molecule has 0 atom stereocenters. The van der Waals surface area contributed by atoms with Crippen LogP contribution in [-0.2, 0) is 29.4 Å². The van der Waals surface area contributed by atoms with Crippen molar-refractivity contribution in [2.75, 3.05) is 0 Å². The molecule has 0 aliphatic heterocycles. The van der Waals surface area contributed by atoms with Gasteiger partial charge in [0, 0.05) is 11.6 Å². The summed E-state index contributed by atoms with van der Waals surface area (Å²) in [5, 5.41) is 0. The van der Waals surface area contributed by atoms with E-state index in [4.69, 9.17) is 14.2 Å². The zero-order valence-corrected chi connectivity index (χ0v) is 16.5. The van der Waals surface area contributed by atoms with Crippen molar-refractivity contribution < 1.29 is 19.0 Å². The highest BCUT2D eigenvalue weighted by Gasteiger charge is 2.08. The summed E-state index contributed by atoms with van der Waals surface area (Å²) in [5.41, 5.74) is 3.28. The largest absolute Gasteiger partial charge is 0.489 e. The van der Waals surface area contributed by atoms with Crippen LogP contribution >= 0.6 is 0 Å². The Labute approximate surface area is 171 Å². The Kier molecular flexibility index (Phi) is 7.06. The van der Waals surface area contributed by atoms with Gasteiger partial charge in [0.15, 0.2) is 0 Å². The second-order valence-electron chi connectivity index (χ2n) is 6.72. The van der Waals surface area contributed by atoms with E-state index in [1.807, 2.05) is 78.9 Å². The fraction of sp³-hybridized carbons (Fsp3) is 0.160. The van der Waals surface area contributed by atoms with E-state index in [1.54, 1.807) is 6.92 Å². The number of esters is 1. The molecule has 3 aromatic rings. The van der Waals surface area contributed by atoms with Gasteiger partial charge in [-0.25, -0.2) is 4.79 Å². The number of ether oxygens (including phenoxy) is 3. The Bertz CT molecular complexity index is 887. The van der Waals surface area contributed by atoms with Gasteiger partial charge in [-0.1, -0.05) is 67.2 Å². The summed E-state index contributed by atoms with van der Waals surface area (Å²) < 4.78 is 17.2.